The smallest absolute Gasteiger partial charge is 0.306 e. The average molecular weight is 317 g/mol. The zero-order chi connectivity index (χ0) is 16.0. The SMILES string of the molecule is NNc1cccc(C(=O)NCCCS(N)(=O)=O)c1[N+](=O)[O-]. The van der Waals surface area contributed by atoms with Gasteiger partial charge in [-0.05, 0) is 18.6 Å². The van der Waals surface area contributed by atoms with Crippen LogP contribution in [0.25, 0.3) is 0 Å². The summed E-state index contributed by atoms with van der Waals surface area (Å²) in [7, 11) is -3.61. The minimum Gasteiger partial charge on any atom is -0.352 e. The normalized spacial score (nSPS) is 11.0. The molecule has 1 aromatic rings. The molecule has 116 valence electrons. The van der Waals surface area contributed by atoms with Crippen molar-refractivity contribution in [3.8, 4) is 0 Å². The van der Waals surface area contributed by atoms with Crippen molar-refractivity contribution in [3.05, 3.63) is 33.9 Å². The molecule has 10 nitrogen and oxygen atoms in total. The van der Waals surface area contributed by atoms with Crippen LogP contribution in [-0.2, 0) is 10.0 Å². The highest BCUT2D eigenvalue weighted by Gasteiger charge is 2.23. The molecule has 0 aliphatic carbocycles. The number of anilines is 1. The lowest BCUT2D eigenvalue weighted by Crippen LogP contribution is -2.28. The van der Waals surface area contributed by atoms with Crippen molar-refractivity contribution in [2.75, 3.05) is 17.7 Å². The first-order chi connectivity index (χ1) is 9.76. The fraction of sp³-hybridized carbons (Fsp3) is 0.300. The lowest BCUT2D eigenvalue weighted by Gasteiger charge is -2.08. The molecule has 1 aromatic carbocycles. The molecular weight excluding hydrogens is 302 g/mol. The first-order valence-electron chi connectivity index (χ1n) is 5.79. The maximum absolute atomic E-state index is 11.9. The quantitative estimate of drug-likeness (QED) is 0.222. The second-order valence-corrected chi connectivity index (χ2v) is 5.81. The Kier molecular flexibility index (Phi) is 5.58. The van der Waals surface area contributed by atoms with Crippen LogP contribution in [0.1, 0.15) is 16.8 Å². The summed E-state index contributed by atoms with van der Waals surface area (Å²) >= 11 is 0. The lowest BCUT2D eigenvalue weighted by molar-refractivity contribution is -0.384. The number of benzene rings is 1. The maximum atomic E-state index is 11.9. The molecule has 0 bridgehead atoms. The van der Waals surface area contributed by atoms with Gasteiger partial charge in [-0.25, -0.2) is 13.6 Å². The Labute approximate surface area is 120 Å². The highest BCUT2D eigenvalue weighted by atomic mass is 32.2. The monoisotopic (exact) mass is 317 g/mol. The molecule has 0 fully saturated rings. The molecule has 0 aliphatic heterocycles. The minimum atomic E-state index is -3.61. The first kappa shape index (κ1) is 16.8. The van der Waals surface area contributed by atoms with E-state index in [1.54, 1.807) is 0 Å². The molecule has 0 saturated carbocycles. The van der Waals surface area contributed by atoms with Crippen LogP contribution in [0.5, 0.6) is 0 Å². The van der Waals surface area contributed by atoms with Crippen molar-refractivity contribution < 1.29 is 18.1 Å². The number of primary sulfonamides is 1. The lowest BCUT2D eigenvalue weighted by atomic mass is 10.1. The molecule has 21 heavy (non-hydrogen) atoms. The van der Waals surface area contributed by atoms with E-state index in [9.17, 15) is 23.3 Å². The number of para-hydroxylation sites is 1. The van der Waals surface area contributed by atoms with Gasteiger partial charge in [0.1, 0.15) is 11.3 Å². The number of sulfonamides is 1. The number of hydrogen-bond donors (Lipinski definition) is 4. The Balaban J connectivity index is 2.81. The summed E-state index contributed by atoms with van der Waals surface area (Å²) in [5.41, 5.74) is 1.51. The Morgan fingerprint density at radius 2 is 2.05 bits per heavy atom. The van der Waals surface area contributed by atoms with Gasteiger partial charge in [-0.2, -0.15) is 0 Å². The molecule has 1 rings (SSSR count). The van der Waals surface area contributed by atoms with Crippen LogP contribution in [0.3, 0.4) is 0 Å². The van der Waals surface area contributed by atoms with Crippen molar-refractivity contribution in [3.63, 3.8) is 0 Å². The van der Waals surface area contributed by atoms with Gasteiger partial charge in [0.15, 0.2) is 0 Å². The molecule has 0 atom stereocenters. The number of carbonyl (C=O) groups is 1. The summed E-state index contributed by atoms with van der Waals surface area (Å²) in [6.07, 6.45) is 0.104. The van der Waals surface area contributed by atoms with E-state index in [4.69, 9.17) is 11.0 Å². The average Bonchev–Trinajstić information content (AvgIpc) is 2.41. The Bertz CT molecular complexity index is 645. The first-order valence-corrected chi connectivity index (χ1v) is 7.50. The van der Waals surface area contributed by atoms with Gasteiger partial charge < -0.3 is 10.7 Å². The number of rotatable bonds is 7. The van der Waals surface area contributed by atoms with Gasteiger partial charge in [0.2, 0.25) is 10.0 Å². The van der Waals surface area contributed by atoms with Gasteiger partial charge in [0.25, 0.3) is 5.91 Å². The summed E-state index contributed by atoms with van der Waals surface area (Å²) in [6.45, 7) is 0.0205. The molecular formula is C10H15N5O5S. The number of hydrazine groups is 1. The summed E-state index contributed by atoms with van der Waals surface area (Å²) in [4.78, 5) is 22.2. The molecule has 0 heterocycles. The van der Waals surface area contributed by atoms with E-state index < -0.39 is 26.5 Å². The number of nitro benzene ring substituents is 1. The van der Waals surface area contributed by atoms with Gasteiger partial charge in [0.05, 0.1) is 10.7 Å². The van der Waals surface area contributed by atoms with Crippen molar-refractivity contribution in [2.45, 2.75) is 6.42 Å². The number of nitrogens with zero attached hydrogens (tertiary/aromatic N) is 1. The highest BCUT2D eigenvalue weighted by Crippen LogP contribution is 2.27. The molecule has 0 aliphatic rings. The van der Waals surface area contributed by atoms with Gasteiger partial charge in [-0.15, -0.1) is 0 Å². The van der Waals surface area contributed by atoms with Gasteiger partial charge in [-0.1, -0.05) is 6.07 Å². The molecule has 0 saturated heterocycles. The number of hydrogen-bond acceptors (Lipinski definition) is 7. The largest absolute Gasteiger partial charge is 0.352 e. The molecule has 0 aromatic heterocycles. The van der Waals surface area contributed by atoms with E-state index in [0.29, 0.717) is 0 Å². The predicted molar refractivity (Wildman–Crippen MR) is 75.8 cm³/mol. The number of amides is 1. The fourth-order valence-corrected chi connectivity index (χ4v) is 2.16. The third-order valence-corrected chi connectivity index (χ3v) is 3.37. The van der Waals surface area contributed by atoms with Crippen molar-refractivity contribution in [2.24, 2.45) is 11.0 Å². The Morgan fingerprint density at radius 3 is 2.57 bits per heavy atom. The molecule has 11 heteroatoms. The second-order valence-electron chi connectivity index (χ2n) is 4.08. The molecule has 1 amide bonds. The van der Waals surface area contributed by atoms with Crippen LogP contribution < -0.4 is 21.7 Å². The maximum Gasteiger partial charge on any atom is 0.306 e. The van der Waals surface area contributed by atoms with E-state index >= 15 is 0 Å². The zero-order valence-corrected chi connectivity index (χ0v) is 11.7. The van der Waals surface area contributed by atoms with Crippen LogP contribution in [0.4, 0.5) is 11.4 Å². The van der Waals surface area contributed by atoms with Crippen LogP contribution in [0.15, 0.2) is 18.2 Å². The Morgan fingerprint density at radius 1 is 1.38 bits per heavy atom. The minimum absolute atomic E-state index is 0.00261. The number of nitro groups is 1. The van der Waals surface area contributed by atoms with E-state index in [0.717, 1.165) is 0 Å². The number of carbonyl (C=O) groups excluding carboxylic acids is 1. The highest BCUT2D eigenvalue weighted by molar-refractivity contribution is 7.89. The zero-order valence-electron chi connectivity index (χ0n) is 10.9. The second kappa shape index (κ2) is 6.97. The van der Waals surface area contributed by atoms with Crippen molar-refractivity contribution in [1.82, 2.24) is 5.32 Å². The van der Waals surface area contributed by atoms with Crippen molar-refractivity contribution in [1.29, 1.82) is 0 Å². The summed E-state index contributed by atoms with van der Waals surface area (Å²) in [5, 5.41) is 18.2. The summed E-state index contributed by atoms with van der Waals surface area (Å²) in [5.74, 6) is 4.17. The number of nitrogen functional groups attached to an aromatic ring is 1. The van der Waals surface area contributed by atoms with Crippen LogP contribution in [0, 0.1) is 10.1 Å². The molecule has 0 spiro atoms. The van der Waals surface area contributed by atoms with Crippen LogP contribution >= 0.6 is 0 Å². The summed E-state index contributed by atoms with van der Waals surface area (Å²) < 4.78 is 21.5. The molecule has 0 radical (unpaired) electrons. The van der Waals surface area contributed by atoms with Gasteiger partial charge >= 0.3 is 5.69 Å². The summed E-state index contributed by atoms with van der Waals surface area (Å²) in [6, 6.07) is 4.06. The van der Waals surface area contributed by atoms with Gasteiger partial charge in [0, 0.05) is 6.54 Å². The van der Waals surface area contributed by atoms with Crippen LogP contribution in [0.2, 0.25) is 0 Å². The third-order valence-electron chi connectivity index (χ3n) is 2.51. The topological polar surface area (TPSA) is 170 Å². The fourth-order valence-electron chi connectivity index (χ4n) is 1.61. The van der Waals surface area contributed by atoms with E-state index in [-0.39, 0.29) is 30.0 Å². The van der Waals surface area contributed by atoms with E-state index in [1.807, 2.05) is 0 Å². The van der Waals surface area contributed by atoms with Crippen LogP contribution in [-0.4, -0.2) is 31.5 Å². The van der Waals surface area contributed by atoms with E-state index in [1.165, 1.54) is 18.2 Å². The van der Waals surface area contributed by atoms with Gasteiger partial charge in [-0.3, -0.25) is 20.8 Å². The van der Waals surface area contributed by atoms with E-state index in [2.05, 4.69) is 10.7 Å². The molecule has 0 unspecified atom stereocenters. The third kappa shape index (κ3) is 4.98. The standard InChI is InChI=1S/C10H15N5O5S/c11-14-8-4-1-3-7(9(8)15(17)18)10(16)13-5-2-6-21(12,19)20/h1,3-4,14H,2,5-6,11H2,(H,13,16)(H2,12,19,20). The number of nitrogens with two attached hydrogens (primary N) is 2. The number of nitrogens with one attached hydrogen (secondary N) is 2. The Hall–Kier alpha value is -2.24. The predicted octanol–water partition coefficient (Wildman–Crippen LogP) is -0.711. The molecule has 6 N–H and O–H groups in total. The van der Waals surface area contributed by atoms with Crippen molar-refractivity contribution >= 4 is 27.3 Å².